The van der Waals surface area contributed by atoms with Gasteiger partial charge >= 0.3 is 11.8 Å². The van der Waals surface area contributed by atoms with Crippen molar-refractivity contribution in [1.82, 2.24) is 4.90 Å². The molecule has 6 nitrogen and oxygen atoms in total. The number of aryl methyl sites for hydroxylation is 1. The number of hydrogen-bond donors (Lipinski definition) is 0. The highest BCUT2D eigenvalue weighted by Crippen LogP contribution is 2.26. The number of para-hydroxylation sites is 1. The quantitative estimate of drug-likeness (QED) is 0.736. The number of rotatable bonds is 6. The van der Waals surface area contributed by atoms with Gasteiger partial charge in [0.25, 0.3) is 0 Å². The van der Waals surface area contributed by atoms with Gasteiger partial charge in [-0.1, -0.05) is 18.2 Å². The fourth-order valence-corrected chi connectivity index (χ4v) is 2.71. The predicted octanol–water partition coefficient (Wildman–Crippen LogP) is 1.09. The van der Waals surface area contributed by atoms with E-state index in [4.69, 9.17) is 9.47 Å². The van der Waals surface area contributed by atoms with Gasteiger partial charge in [0.15, 0.2) is 0 Å². The highest BCUT2D eigenvalue weighted by atomic mass is 16.5. The maximum Gasteiger partial charge on any atom is 0.316 e. The lowest BCUT2D eigenvalue weighted by Crippen LogP contribution is -2.48. The number of carbonyl (C=O) groups excluding carboxylic acids is 2. The van der Waals surface area contributed by atoms with Crippen molar-refractivity contribution in [1.29, 1.82) is 0 Å². The molecular weight excluding hydrogens is 296 g/mol. The first-order chi connectivity index (χ1) is 11.2. The zero-order valence-electron chi connectivity index (χ0n) is 13.8. The molecule has 0 radical (unpaired) electrons. The Kier molecular flexibility index (Phi) is 6.55. The smallest absolute Gasteiger partial charge is 0.316 e. The van der Waals surface area contributed by atoms with Crippen LogP contribution >= 0.6 is 0 Å². The van der Waals surface area contributed by atoms with Gasteiger partial charge in [-0.05, 0) is 24.5 Å². The fourth-order valence-electron chi connectivity index (χ4n) is 2.71. The first-order valence-electron chi connectivity index (χ1n) is 7.85. The number of amides is 2. The second-order valence-corrected chi connectivity index (χ2v) is 5.47. The van der Waals surface area contributed by atoms with E-state index < -0.39 is 11.8 Å². The Labute approximate surface area is 137 Å². The number of carbonyl (C=O) groups is 2. The van der Waals surface area contributed by atoms with Crippen LogP contribution in [0.5, 0.6) is 0 Å². The summed E-state index contributed by atoms with van der Waals surface area (Å²) in [5.41, 5.74) is 1.95. The van der Waals surface area contributed by atoms with Crippen molar-refractivity contribution >= 4 is 17.5 Å². The molecule has 0 atom stereocenters. The summed E-state index contributed by atoms with van der Waals surface area (Å²) in [6.45, 7) is 2.10. The first kappa shape index (κ1) is 17.4. The second-order valence-electron chi connectivity index (χ2n) is 5.47. The highest BCUT2D eigenvalue weighted by molar-refractivity contribution is 6.40. The van der Waals surface area contributed by atoms with E-state index in [1.54, 1.807) is 19.1 Å². The van der Waals surface area contributed by atoms with Crippen molar-refractivity contribution in [3.05, 3.63) is 29.8 Å². The van der Waals surface area contributed by atoms with Crippen molar-refractivity contribution in [2.24, 2.45) is 0 Å². The average Bonchev–Trinajstić information content (AvgIpc) is 2.60. The summed E-state index contributed by atoms with van der Waals surface area (Å²) in [4.78, 5) is 28.4. The summed E-state index contributed by atoms with van der Waals surface area (Å²) < 4.78 is 10.0. The van der Waals surface area contributed by atoms with E-state index in [0.717, 1.165) is 24.1 Å². The number of nitrogens with zero attached hydrogens (tertiary/aromatic N) is 2. The third-order valence-corrected chi connectivity index (χ3v) is 3.96. The summed E-state index contributed by atoms with van der Waals surface area (Å²) in [6, 6.07) is 7.75. The summed E-state index contributed by atoms with van der Waals surface area (Å²) >= 11 is 0. The Bertz CT molecular complexity index is 539. The largest absolute Gasteiger partial charge is 0.383 e. The van der Waals surface area contributed by atoms with Crippen LogP contribution < -0.4 is 4.90 Å². The van der Waals surface area contributed by atoms with Crippen LogP contribution in [-0.2, 0) is 25.5 Å². The predicted molar refractivity (Wildman–Crippen MR) is 87.4 cm³/mol. The van der Waals surface area contributed by atoms with E-state index in [1.165, 1.54) is 4.90 Å². The minimum absolute atomic E-state index is 0.375. The third-order valence-electron chi connectivity index (χ3n) is 3.96. The maximum absolute atomic E-state index is 12.7. The molecule has 1 aromatic rings. The fraction of sp³-hybridized carbons (Fsp3) is 0.529. The van der Waals surface area contributed by atoms with Gasteiger partial charge < -0.3 is 19.3 Å². The second kappa shape index (κ2) is 8.64. The Hall–Kier alpha value is -1.92. The van der Waals surface area contributed by atoms with Gasteiger partial charge in [-0.3, -0.25) is 9.59 Å². The molecule has 0 N–H and O–H groups in total. The molecule has 1 aliphatic heterocycles. The highest BCUT2D eigenvalue weighted by Gasteiger charge is 2.30. The number of methoxy groups -OCH3 is 2. The van der Waals surface area contributed by atoms with Crippen LogP contribution in [0.1, 0.15) is 12.0 Å². The molecule has 1 aliphatic rings. The Morgan fingerprint density at radius 3 is 2.43 bits per heavy atom. The van der Waals surface area contributed by atoms with Gasteiger partial charge in [0.1, 0.15) is 0 Å². The van der Waals surface area contributed by atoms with E-state index in [-0.39, 0.29) is 0 Å². The average molecular weight is 320 g/mol. The summed E-state index contributed by atoms with van der Waals surface area (Å²) in [6.07, 6.45) is 1.80. The zero-order chi connectivity index (χ0) is 16.7. The molecule has 0 unspecified atom stereocenters. The van der Waals surface area contributed by atoms with Crippen LogP contribution in [-0.4, -0.2) is 63.8 Å². The van der Waals surface area contributed by atoms with E-state index in [9.17, 15) is 9.59 Å². The van der Waals surface area contributed by atoms with Gasteiger partial charge in [0, 0.05) is 39.5 Å². The molecule has 23 heavy (non-hydrogen) atoms. The molecule has 0 bridgehead atoms. The minimum Gasteiger partial charge on any atom is -0.383 e. The molecule has 1 aromatic carbocycles. The molecule has 126 valence electrons. The molecule has 0 aromatic heterocycles. The normalized spacial score (nSPS) is 13.6. The van der Waals surface area contributed by atoms with Crippen LogP contribution in [0.15, 0.2) is 24.3 Å². The Morgan fingerprint density at radius 1 is 1.13 bits per heavy atom. The van der Waals surface area contributed by atoms with Crippen LogP contribution in [0.25, 0.3) is 0 Å². The van der Waals surface area contributed by atoms with Crippen LogP contribution in [0.3, 0.4) is 0 Å². The van der Waals surface area contributed by atoms with Gasteiger partial charge in [-0.2, -0.15) is 0 Å². The molecule has 0 saturated heterocycles. The van der Waals surface area contributed by atoms with Crippen LogP contribution in [0, 0.1) is 0 Å². The van der Waals surface area contributed by atoms with E-state index in [2.05, 4.69) is 0 Å². The van der Waals surface area contributed by atoms with Crippen molar-refractivity contribution < 1.29 is 19.1 Å². The summed E-state index contributed by atoms with van der Waals surface area (Å²) in [7, 11) is 3.14. The SMILES string of the molecule is COCCN(CCOC)C(=O)C(=O)N1CCCc2ccccc21. The molecule has 2 rings (SSSR count). The van der Waals surface area contributed by atoms with Crippen LogP contribution in [0.4, 0.5) is 5.69 Å². The van der Waals surface area contributed by atoms with E-state index >= 15 is 0 Å². The summed E-state index contributed by atoms with van der Waals surface area (Å²) in [5, 5.41) is 0. The molecule has 1 heterocycles. The molecule has 2 amide bonds. The zero-order valence-corrected chi connectivity index (χ0v) is 13.8. The van der Waals surface area contributed by atoms with E-state index in [0.29, 0.717) is 32.8 Å². The number of anilines is 1. The molecule has 0 saturated carbocycles. The number of fused-ring (bicyclic) bond motifs is 1. The minimum atomic E-state index is -0.504. The van der Waals surface area contributed by atoms with Crippen molar-refractivity contribution in [3.63, 3.8) is 0 Å². The third kappa shape index (κ3) is 4.30. The van der Waals surface area contributed by atoms with Crippen molar-refractivity contribution in [2.45, 2.75) is 12.8 Å². The Balaban J connectivity index is 2.12. The standard InChI is InChI=1S/C17H24N2O4/c1-22-12-10-18(11-13-23-2)16(20)17(21)19-9-5-7-14-6-3-4-8-15(14)19/h3-4,6,8H,5,7,9-13H2,1-2H3. The van der Waals surface area contributed by atoms with Crippen molar-refractivity contribution in [2.75, 3.05) is 52.0 Å². The topological polar surface area (TPSA) is 59.1 Å². The maximum atomic E-state index is 12.7. The molecular formula is C17H24N2O4. The number of ether oxygens (including phenoxy) is 2. The number of benzene rings is 1. The molecule has 0 aliphatic carbocycles. The van der Waals surface area contributed by atoms with Gasteiger partial charge in [-0.15, -0.1) is 0 Å². The lowest BCUT2D eigenvalue weighted by Gasteiger charge is -2.31. The monoisotopic (exact) mass is 320 g/mol. The van der Waals surface area contributed by atoms with E-state index in [1.807, 2.05) is 24.3 Å². The van der Waals surface area contributed by atoms with Gasteiger partial charge in [0.2, 0.25) is 0 Å². The molecule has 0 fully saturated rings. The molecule has 6 heteroatoms. The van der Waals surface area contributed by atoms with Gasteiger partial charge in [-0.25, -0.2) is 0 Å². The number of hydrogen-bond acceptors (Lipinski definition) is 4. The van der Waals surface area contributed by atoms with Crippen LogP contribution in [0.2, 0.25) is 0 Å². The lowest BCUT2D eigenvalue weighted by molar-refractivity contribution is -0.145. The Morgan fingerprint density at radius 2 is 1.78 bits per heavy atom. The van der Waals surface area contributed by atoms with Gasteiger partial charge in [0.05, 0.1) is 13.2 Å². The lowest BCUT2D eigenvalue weighted by atomic mass is 10.0. The summed E-state index contributed by atoms with van der Waals surface area (Å²) in [5.74, 6) is -0.986. The first-order valence-corrected chi connectivity index (χ1v) is 7.85. The molecule has 0 spiro atoms. The van der Waals surface area contributed by atoms with Crippen molar-refractivity contribution in [3.8, 4) is 0 Å².